The number of likely N-dealkylation sites (tertiary alicyclic amines) is 1. The Hall–Kier alpha value is -1.93. The highest BCUT2D eigenvalue weighted by Gasteiger charge is 2.33. The Bertz CT molecular complexity index is 711. The van der Waals surface area contributed by atoms with Crippen LogP contribution in [0.5, 0.6) is 0 Å². The number of ether oxygens (including phenoxy) is 1. The number of rotatable bonds is 6. The molecule has 1 aromatic rings. The highest BCUT2D eigenvalue weighted by atomic mass is 16.5. The lowest BCUT2D eigenvalue weighted by Gasteiger charge is -2.30. The molecule has 3 heterocycles. The number of carbonyl (C=O) groups excluding carboxylic acids is 2. The third kappa shape index (κ3) is 4.38. The minimum Gasteiger partial charge on any atom is -0.378 e. The van der Waals surface area contributed by atoms with E-state index < -0.39 is 0 Å². The number of morpholine rings is 1. The number of nitrogens with one attached hydrogen (secondary N) is 1. The summed E-state index contributed by atoms with van der Waals surface area (Å²) in [7, 11) is 2.06. The first-order chi connectivity index (χ1) is 13.4. The summed E-state index contributed by atoms with van der Waals surface area (Å²) in [4.78, 5) is 29.4. The minimum atomic E-state index is -0.0593. The molecule has 8 heteroatoms. The molecule has 2 atom stereocenters. The number of hydrogen-bond acceptors (Lipinski definition) is 5. The van der Waals surface area contributed by atoms with Gasteiger partial charge in [-0.15, -0.1) is 0 Å². The SMILES string of the molecule is CCn1nc(C)c(C(=O)NC[C@@H]2CC[C@H](CC(=O)N3CCOCC3)N2C)c1C. The van der Waals surface area contributed by atoms with Crippen molar-refractivity contribution in [3.8, 4) is 0 Å². The monoisotopic (exact) mass is 391 g/mol. The van der Waals surface area contributed by atoms with Crippen molar-refractivity contribution in [2.75, 3.05) is 39.9 Å². The molecule has 0 unspecified atom stereocenters. The molecule has 3 rings (SSSR count). The lowest BCUT2D eigenvalue weighted by atomic mass is 10.1. The Labute approximate surface area is 167 Å². The van der Waals surface area contributed by atoms with Gasteiger partial charge in [0.15, 0.2) is 0 Å². The number of carbonyl (C=O) groups is 2. The molecule has 1 N–H and O–H groups in total. The molecule has 2 amide bonds. The lowest BCUT2D eigenvalue weighted by Crippen LogP contribution is -2.45. The number of aromatic nitrogens is 2. The van der Waals surface area contributed by atoms with Crippen LogP contribution in [-0.4, -0.2) is 83.4 Å². The van der Waals surface area contributed by atoms with Crippen LogP contribution in [0.1, 0.15) is 47.9 Å². The summed E-state index contributed by atoms with van der Waals surface area (Å²) in [5.74, 6) is 0.152. The van der Waals surface area contributed by atoms with E-state index in [0.717, 1.165) is 30.8 Å². The van der Waals surface area contributed by atoms with Gasteiger partial charge < -0.3 is 15.0 Å². The summed E-state index contributed by atoms with van der Waals surface area (Å²) in [5.41, 5.74) is 2.36. The van der Waals surface area contributed by atoms with Gasteiger partial charge >= 0.3 is 0 Å². The van der Waals surface area contributed by atoms with Crippen LogP contribution in [0.2, 0.25) is 0 Å². The van der Waals surface area contributed by atoms with Gasteiger partial charge in [0.05, 0.1) is 24.5 Å². The average molecular weight is 392 g/mol. The summed E-state index contributed by atoms with van der Waals surface area (Å²) in [6.07, 6.45) is 2.52. The van der Waals surface area contributed by atoms with E-state index in [4.69, 9.17) is 4.74 Å². The van der Waals surface area contributed by atoms with E-state index >= 15 is 0 Å². The summed E-state index contributed by atoms with van der Waals surface area (Å²) < 4.78 is 7.18. The molecule has 2 fully saturated rings. The van der Waals surface area contributed by atoms with Crippen molar-refractivity contribution >= 4 is 11.8 Å². The molecule has 0 aromatic carbocycles. The first kappa shape index (κ1) is 20.8. The Morgan fingerprint density at radius 2 is 1.86 bits per heavy atom. The normalized spacial score (nSPS) is 23.2. The largest absolute Gasteiger partial charge is 0.378 e. The molecule has 2 saturated heterocycles. The van der Waals surface area contributed by atoms with Crippen molar-refractivity contribution in [3.05, 3.63) is 17.0 Å². The molecule has 8 nitrogen and oxygen atoms in total. The molecular formula is C20H33N5O3. The zero-order valence-corrected chi connectivity index (χ0v) is 17.5. The summed E-state index contributed by atoms with van der Waals surface area (Å²) >= 11 is 0. The Kier molecular flexibility index (Phi) is 6.72. The summed E-state index contributed by atoms with van der Waals surface area (Å²) in [5, 5.41) is 7.51. The number of likely N-dealkylation sites (N-methyl/N-ethyl adjacent to an activating group) is 1. The van der Waals surface area contributed by atoms with E-state index in [-0.39, 0.29) is 23.9 Å². The van der Waals surface area contributed by atoms with E-state index in [2.05, 4.69) is 22.4 Å². The second kappa shape index (κ2) is 9.05. The first-order valence-electron chi connectivity index (χ1n) is 10.3. The molecule has 2 aliphatic heterocycles. The van der Waals surface area contributed by atoms with Gasteiger partial charge in [-0.2, -0.15) is 5.10 Å². The van der Waals surface area contributed by atoms with Gasteiger partial charge in [-0.3, -0.25) is 19.2 Å². The Morgan fingerprint density at radius 1 is 1.18 bits per heavy atom. The predicted molar refractivity (Wildman–Crippen MR) is 106 cm³/mol. The standard InChI is InChI=1S/C20H33N5O3/c1-5-25-15(3)19(14(2)22-25)20(27)21-13-17-7-6-16(23(17)4)12-18(26)24-8-10-28-11-9-24/h16-17H,5-13H2,1-4H3,(H,21,27)/t16-,17+/m1/s1. The molecule has 2 aliphatic rings. The smallest absolute Gasteiger partial charge is 0.255 e. The molecule has 0 bridgehead atoms. The van der Waals surface area contributed by atoms with Crippen molar-refractivity contribution < 1.29 is 14.3 Å². The number of amides is 2. The zero-order chi connectivity index (χ0) is 20.3. The fourth-order valence-electron chi connectivity index (χ4n) is 4.36. The summed E-state index contributed by atoms with van der Waals surface area (Å²) in [6, 6.07) is 0.497. The molecule has 0 spiro atoms. The molecule has 28 heavy (non-hydrogen) atoms. The quantitative estimate of drug-likeness (QED) is 0.781. The molecular weight excluding hydrogens is 358 g/mol. The van der Waals surface area contributed by atoms with Crippen molar-refractivity contribution in [2.45, 2.75) is 58.7 Å². The third-order valence-electron chi connectivity index (χ3n) is 6.17. The predicted octanol–water partition coefficient (Wildman–Crippen LogP) is 0.961. The van der Waals surface area contributed by atoms with E-state index in [1.807, 2.05) is 30.4 Å². The van der Waals surface area contributed by atoms with E-state index in [1.165, 1.54) is 0 Å². The van der Waals surface area contributed by atoms with Crippen LogP contribution < -0.4 is 5.32 Å². The van der Waals surface area contributed by atoms with Crippen LogP contribution in [0, 0.1) is 13.8 Å². The molecule has 1 aromatic heterocycles. The second-order valence-electron chi connectivity index (χ2n) is 7.82. The third-order valence-corrected chi connectivity index (χ3v) is 6.17. The van der Waals surface area contributed by atoms with Crippen molar-refractivity contribution in [3.63, 3.8) is 0 Å². The Morgan fingerprint density at radius 3 is 2.50 bits per heavy atom. The van der Waals surface area contributed by atoms with Gasteiger partial charge in [-0.1, -0.05) is 0 Å². The van der Waals surface area contributed by atoms with Gasteiger partial charge in [0, 0.05) is 50.4 Å². The van der Waals surface area contributed by atoms with E-state index in [0.29, 0.717) is 44.8 Å². The van der Waals surface area contributed by atoms with Crippen LogP contribution in [0.15, 0.2) is 0 Å². The van der Waals surface area contributed by atoms with Crippen LogP contribution in [0.25, 0.3) is 0 Å². The molecule has 156 valence electrons. The maximum absolute atomic E-state index is 12.7. The van der Waals surface area contributed by atoms with Gasteiger partial charge in [0.2, 0.25) is 5.91 Å². The van der Waals surface area contributed by atoms with Crippen LogP contribution in [0.4, 0.5) is 0 Å². The van der Waals surface area contributed by atoms with Crippen molar-refractivity contribution in [1.82, 2.24) is 24.9 Å². The van der Waals surface area contributed by atoms with Gasteiger partial charge in [0.25, 0.3) is 5.91 Å². The minimum absolute atomic E-state index is 0.0593. The zero-order valence-electron chi connectivity index (χ0n) is 17.5. The van der Waals surface area contributed by atoms with E-state index in [9.17, 15) is 9.59 Å². The first-order valence-corrected chi connectivity index (χ1v) is 10.3. The van der Waals surface area contributed by atoms with Crippen molar-refractivity contribution in [2.24, 2.45) is 0 Å². The maximum Gasteiger partial charge on any atom is 0.255 e. The van der Waals surface area contributed by atoms with Gasteiger partial charge in [-0.25, -0.2) is 0 Å². The van der Waals surface area contributed by atoms with Crippen LogP contribution >= 0.6 is 0 Å². The van der Waals surface area contributed by atoms with Gasteiger partial charge in [-0.05, 0) is 40.7 Å². The maximum atomic E-state index is 12.7. The lowest BCUT2D eigenvalue weighted by molar-refractivity contribution is -0.136. The van der Waals surface area contributed by atoms with E-state index in [1.54, 1.807) is 0 Å². The highest BCUT2D eigenvalue weighted by molar-refractivity contribution is 5.96. The highest BCUT2D eigenvalue weighted by Crippen LogP contribution is 2.25. The van der Waals surface area contributed by atoms with Crippen LogP contribution in [-0.2, 0) is 16.1 Å². The van der Waals surface area contributed by atoms with Crippen molar-refractivity contribution in [1.29, 1.82) is 0 Å². The topological polar surface area (TPSA) is 79.7 Å². The van der Waals surface area contributed by atoms with Gasteiger partial charge in [0.1, 0.15) is 0 Å². The second-order valence-corrected chi connectivity index (χ2v) is 7.82. The number of nitrogens with zero attached hydrogens (tertiary/aromatic N) is 4. The fraction of sp³-hybridized carbons (Fsp3) is 0.750. The number of aryl methyl sites for hydroxylation is 2. The van der Waals surface area contributed by atoms with Crippen LogP contribution in [0.3, 0.4) is 0 Å². The number of hydrogen-bond donors (Lipinski definition) is 1. The molecule has 0 radical (unpaired) electrons. The fourth-order valence-corrected chi connectivity index (χ4v) is 4.36. The Balaban J connectivity index is 1.51. The molecule has 0 aliphatic carbocycles. The summed E-state index contributed by atoms with van der Waals surface area (Å²) in [6.45, 7) is 9.84. The average Bonchev–Trinajstić information content (AvgIpc) is 3.19. The molecule has 0 saturated carbocycles.